The Kier molecular flexibility index (Phi) is 4.79. The summed E-state index contributed by atoms with van der Waals surface area (Å²) in [6.45, 7) is 2.36. The van der Waals surface area contributed by atoms with Crippen LogP contribution >= 0.6 is 0 Å². The maximum atomic E-state index is 11.3. The van der Waals surface area contributed by atoms with Crippen LogP contribution in [0, 0.1) is 0 Å². The lowest BCUT2D eigenvalue weighted by Crippen LogP contribution is -2.20. The van der Waals surface area contributed by atoms with Crippen molar-refractivity contribution in [3.8, 4) is 0 Å². The predicted molar refractivity (Wildman–Crippen MR) is 62.9 cm³/mol. The molecule has 0 atom stereocenters. The fraction of sp³-hybridized carbons (Fsp3) is 0.167. The third-order valence-electron chi connectivity index (χ3n) is 1.78. The molecular formula is C12H14N2O2. The molecule has 1 aromatic rings. The van der Waals surface area contributed by atoms with Gasteiger partial charge < -0.3 is 10.6 Å². The number of amides is 2. The minimum absolute atomic E-state index is 0.272. The molecule has 0 fully saturated rings. The molecule has 0 aliphatic heterocycles. The smallest absolute Gasteiger partial charge is 0.248 e. The number of hydrogen-bond acceptors (Lipinski definition) is 2. The highest BCUT2D eigenvalue weighted by atomic mass is 16.2. The first kappa shape index (κ1) is 12.0. The summed E-state index contributed by atoms with van der Waals surface area (Å²) in [4.78, 5) is 22.4. The van der Waals surface area contributed by atoms with Gasteiger partial charge in [-0.25, -0.2) is 0 Å². The highest BCUT2D eigenvalue weighted by Crippen LogP contribution is 2.04. The number of hydrogen-bond donors (Lipinski definition) is 2. The van der Waals surface area contributed by atoms with E-state index in [4.69, 9.17) is 0 Å². The van der Waals surface area contributed by atoms with E-state index in [9.17, 15) is 9.59 Å². The van der Waals surface area contributed by atoms with Crippen LogP contribution < -0.4 is 10.6 Å². The number of anilines is 1. The number of likely N-dealkylation sites (N-methyl/N-ethyl adjacent to an activating group) is 1. The van der Waals surface area contributed by atoms with Gasteiger partial charge in [0, 0.05) is 24.4 Å². The summed E-state index contributed by atoms with van der Waals surface area (Å²) in [6, 6.07) is 9.06. The lowest BCUT2D eigenvalue weighted by Gasteiger charge is -2.00. The Morgan fingerprint density at radius 2 is 1.75 bits per heavy atom. The van der Waals surface area contributed by atoms with Crippen LogP contribution in [0.3, 0.4) is 0 Å². The summed E-state index contributed by atoms with van der Waals surface area (Å²) >= 11 is 0. The third-order valence-corrected chi connectivity index (χ3v) is 1.78. The maximum absolute atomic E-state index is 11.3. The number of carbonyl (C=O) groups excluding carboxylic acids is 2. The van der Waals surface area contributed by atoms with Crippen molar-refractivity contribution in [1.29, 1.82) is 0 Å². The van der Waals surface area contributed by atoms with E-state index in [0.717, 1.165) is 0 Å². The molecule has 0 bridgehead atoms. The molecule has 0 aromatic heterocycles. The number of rotatable bonds is 4. The largest absolute Gasteiger partial charge is 0.353 e. The highest BCUT2D eigenvalue weighted by molar-refractivity contribution is 6.03. The summed E-state index contributed by atoms with van der Waals surface area (Å²) in [5, 5.41) is 5.19. The summed E-state index contributed by atoms with van der Waals surface area (Å²) in [5.41, 5.74) is 0.702. The van der Waals surface area contributed by atoms with Crippen molar-refractivity contribution in [2.24, 2.45) is 0 Å². The van der Waals surface area contributed by atoms with E-state index < -0.39 is 0 Å². The Hall–Kier alpha value is -2.10. The molecule has 84 valence electrons. The molecule has 0 saturated carbocycles. The van der Waals surface area contributed by atoms with Gasteiger partial charge in [-0.05, 0) is 19.1 Å². The molecule has 0 radical (unpaired) electrons. The van der Waals surface area contributed by atoms with Gasteiger partial charge in [0.1, 0.15) is 0 Å². The van der Waals surface area contributed by atoms with Gasteiger partial charge in [0.15, 0.2) is 0 Å². The summed E-state index contributed by atoms with van der Waals surface area (Å²) in [5.74, 6) is -0.594. The summed E-state index contributed by atoms with van der Waals surface area (Å²) < 4.78 is 0. The summed E-state index contributed by atoms with van der Waals surface area (Å²) in [7, 11) is 0. The quantitative estimate of drug-likeness (QED) is 0.749. The first-order chi connectivity index (χ1) is 7.72. The van der Waals surface area contributed by atoms with Crippen molar-refractivity contribution >= 4 is 17.5 Å². The third kappa shape index (κ3) is 4.41. The van der Waals surface area contributed by atoms with E-state index in [2.05, 4.69) is 10.6 Å². The molecule has 0 saturated heterocycles. The lowest BCUT2D eigenvalue weighted by atomic mass is 10.3. The second-order valence-electron chi connectivity index (χ2n) is 3.08. The van der Waals surface area contributed by atoms with Crippen molar-refractivity contribution in [1.82, 2.24) is 5.32 Å². The van der Waals surface area contributed by atoms with Crippen molar-refractivity contribution in [3.63, 3.8) is 0 Å². The molecule has 0 aliphatic rings. The topological polar surface area (TPSA) is 58.2 Å². The second-order valence-corrected chi connectivity index (χ2v) is 3.08. The van der Waals surface area contributed by atoms with Gasteiger partial charge >= 0.3 is 0 Å². The second kappa shape index (κ2) is 6.40. The van der Waals surface area contributed by atoms with Crippen LogP contribution in [0.4, 0.5) is 5.69 Å². The van der Waals surface area contributed by atoms with Gasteiger partial charge in [-0.2, -0.15) is 0 Å². The van der Waals surface area contributed by atoms with Crippen LogP contribution in [0.1, 0.15) is 6.92 Å². The molecule has 0 unspecified atom stereocenters. The van der Waals surface area contributed by atoms with Crippen LogP contribution in [0.5, 0.6) is 0 Å². The minimum atomic E-state index is -0.322. The average Bonchev–Trinajstić information content (AvgIpc) is 2.28. The maximum Gasteiger partial charge on any atom is 0.248 e. The fourth-order valence-corrected chi connectivity index (χ4v) is 1.09. The Morgan fingerprint density at radius 1 is 1.12 bits per heavy atom. The molecule has 2 N–H and O–H groups in total. The van der Waals surface area contributed by atoms with E-state index in [0.29, 0.717) is 12.2 Å². The Morgan fingerprint density at radius 3 is 2.38 bits per heavy atom. The SMILES string of the molecule is CCNC(=O)/C=C/C(=O)Nc1ccccc1. The van der Waals surface area contributed by atoms with Gasteiger partial charge in [-0.15, -0.1) is 0 Å². The molecule has 16 heavy (non-hydrogen) atoms. The highest BCUT2D eigenvalue weighted by Gasteiger charge is 1.97. The molecular weight excluding hydrogens is 204 g/mol. The molecule has 0 spiro atoms. The molecule has 1 aromatic carbocycles. The van der Waals surface area contributed by atoms with E-state index in [1.54, 1.807) is 12.1 Å². The number of carbonyl (C=O) groups is 2. The molecule has 4 nitrogen and oxygen atoms in total. The van der Waals surface area contributed by atoms with E-state index in [1.807, 2.05) is 25.1 Å². The van der Waals surface area contributed by atoms with Crippen LogP contribution in [0.2, 0.25) is 0 Å². The molecule has 1 rings (SSSR count). The summed E-state index contributed by atoms with van der Waals surface area (Å²) in [6.07, 6.45) is 2.42. The van der Waals surface area contributed by atoms with Gasteiger partial charge in [-0.3, -0.25) is 9.59 Å². The van der Waals surface area contributed by atoms with Gasteiger partial charge in [0.25, 0.3) is 0 Å². The Labute approximate surface area is 94.4 Å². The van der Waals surface area contributed by atoms with Crippen LogP contribution in [0.15, 0.2) is 42.5 Å². The van der Waals surface area contributed by atoms with E-state index in [1.165, 1.54) is 12.2 Å². The first-order valence-electron chi connectivity index (χ1n) is 5.04. The van der Waals surface area contributed by atoms with E-state index in [-0.39, 0.29) is 11.8 Å². The van der Waals surface area contributed by atoms with Crippen molar-refractivity contribution < 1.29 is 9.59 Å². The zero-order chi connectivity index (χ0) is 11.8. The molecule has 4 heteroatoms. The number of para-hydroxylation sites is 1. The Bertz CT molecular complexity index is 385. The lowest BCUT2D eigenvalue weighted by molar-refractivity contribution is -0.117. The fourth-order valence-electron chi connectivity index (χ4n) is 1.09. The van der Waals surface area contributed by atoms with Crippen molar-refractivity contribution in [2.75, 3.05) is 11.9 Å². The van der Waals surface area contributed by atoms with Crippen molar-refractivity contribution in [2.45, 2.75) is 6.92 Å². The van der Waals surface area contributed by atoms with Crippen LogP contribution in [-0.4, -0.2) is 18.4 Å². The molecule has 0 aliphatic carbocycles. The van der Waals surface area contributed by atoms with Gasteiger partial charge in [0.05, 0.1) is 0 Å². The van der Waals surface area contributed by atoms with Crippen LogP contribution in [0.25, 0.3) is 0 Å². The normalized spacial score (nSPS) is 10.1. The van der Waals surface area contributed by atoms with Gasteiger partial charge in [0.2, 0.25) is 11.8 Å². The van der Waals surface area contributed by atoms with Crippen molar-refractivity contribution in [3.05, 3.63) is 42.5 Å². The zero-order valence-corrected chi connectivity index (χ0v) is 9.07. The Balaban J connectivity index is 2.45. The zero-order valence-electron chi connectivity index (χ0n) is 9.07. The minimum Gasteiger partial charge on any atom is -0.353 e. The first-order valence-corrected chi connectivity index (χ1v) is 5.04. The van der Waals surface area contributed by atoms with Gasteiger partial charge in [-0.1, -0.05) is 18.2 Å². The monoisotopic (exact) mass is 218 g/mol. The molecule has 0 heterocycles. The van der Waals surface area contributed by atoms with Crippen LogP contribution in [-0.2, 0) is 9.59 Å². The molecule has 2 amide bonds. The van der Waals surface area contributed by atoms with E-state index >= 15 is 0 Å². The number of benzene rings is 1. The predicted octanol–water partition coefficient (Wildman–Crippen LogP) is 1.32. The standard InChI is InChI=1S/C12H14N2O2/c1-2-13-11(15)8-9-12(16)14-10-6-4-3-5-7-10/h3-9H,2H2,1H3,(H,13,15)(H,14,16)/b9-8+. The average molecular weight is 218 g/mol. The number of nitrogens with one attached hydrogen (secondary N) is 2.